The number of carboxylic acid groups (broad SMARTS) is 1. The minimum atomic E-state index is -0.969. The van der Waals surface area contributed by atoms with Gasteiger partial charge in [-0.15, -0.1) is 0 Å². The largest absolute Gasteiger partial charge is 0.494 e. The first-order valence-corrected chi connectivity index (χ1v) is 12.9. The van der Waals surface area contributed by atoms with Gasteiger partial charge in [0.2, 0.25) is 0 Å². The Morgan fingerprint density at radius 2 is 1.68 bits per heavy atom. The van der Waals surface area contributed by atoms with E-state index in [9.17, 15) is 9.90 Å². The van der Waals surface area contributed by atoms with E-state index in [0.717, 1.165) is 44.4 Å². The molecule has 0 amide bonds. The fourth-order valence-electron chi connectivity index (χ4n) is 4.42. The number of aryl methyl sites for hydroxylation is 4. The number of carboxylic acids is 1. The van der Waals surface area contributed by atoms with Gasteiger partial charge in [0.25, 0.3) is 0 Å². The van der Waals surface area contributed by atoms with E-state index in [-0.39, 0.29) is 5.69 Å². The van der Waals surface area contributed by atoms with Crippen LogP contribution >= 0.6 is 23.2 Å². The first-order valence-electron chi connectivity index (χ1n) is 12.1. The molecule has 0 atom stereocenters. The highest BCUT2D eigenvalue weighted by Gasteiger charge is 2.19. The van der Waals surface area contributed by atoms with Gasteiger partial charge in [-0.25, -0.2) is 4.79 Å². The van der Waals surface area contributed by atoms with E-state index in [1.54, 1.807) is 10.6 Å². The van der Waals surface area contributed by atoms with Gasteiger partial charge in [0.05, 0.1) is 12.3 Å². The number of rotatable bonds is 10. The Bertz CT molecular complexity index is 1390. The van der Waals surface area contributed by atoms with Crippen LogP contribution in [-0.2, 0) is 13.1 Å². The summed E-state index contributed by atoms with van der Waals surface area (Å²) in [5.74, 6) is -0.207. The van der Waals surface area contributed by atoms with Gasteiger partial charge in [0.1, 0.15) is 11.4 Å². The van der Waals surface area contributed by atoms with Crippen LogP contribution in [0.25, 0.3) is 0 Å². The average molecular weight is 537 g/mol. The van der Waals surface area contributed by atoms with E-state index in [1.165, 1.54) is 0 Å². The molecule has 3 aromatic carbocycles. The van der Waals surface area contributed by atoms with E-state index in [4.69, 9.17) is 27.9 Å². The summed E-state index contributed by atoms with van der Waals surface area (Å²) in [5, 5.41) is 11.3. The molecule has 4 aromatic rings. The van der Waals surface area contributed by atoms with Gasteiger partial charge in [-0.3, -0.25) is 0 Å². The Morgan fingerprint density at radius 1 is 0.946 bits per heavy atom. The zero-order chi connectivity index (χ0) is 26.5. The molecule has 4 rings (SSSR count). The number of halogens is 2. The topological polar surface area (TPSA) is 54.7 Å². The minimum absolute atomic E-state index is 0.234. The Morgan fingerprint density at radius 3 is 2.35 bits per heavy atom. The first kappa shape index (κ1) is 26.6. The lowest BCUT2D eigenvalue weighted by molar-refractivity contribution is 0.0684. The fourth-order valence-corrected chi connectivity index (χ4v) is 4.74. The van der Waals surface area contributed by atoms with Gasteiger partial charge in [-0.05, 0) is 85.8 Å². The third-order valence-electron chi connectivity index (χ3n) is 6.27. The highest BCUT2D eigenvalue weighted by atomic mass is 35.5. The summed E-state index contributed by atoms with van der Waals surface area (Å²) in [6, 6.07) is 21.4. The molecule has 192 valence electrons. The molecule has 0 aliphatic carbocycles. The van der Waals surface area contributed by atoms with Crippen molar-refractivity contribution in [2.45, 2.75) is 40.3 Å². The van der Waals surface area contributed by atoms with Gasteiger partial charge in [0.15, 0.2) is 0 Å². The molecule has 1 aromatic heterocycles. The van der Waals surface area contributed by atoms with E-state index in [2.05, 4.69) is 4.90 Å². The normalized spacial score (nSPS) is 10.9. The Balaban J connectivity index is 1.56. The van der Waals surface area contributed by atoms with Crippen molar-refractivity contribution in [1.82, 2.24) is 4.57 Å². The number of hydrogen-bond acceptors (Lipinski definition) is 3. The van der Waals surface area contributed by atoms with E-state index in [1.807, 2.05) is 87.6 Å². The smallest absolute Gasteiger partial charge is 0.352 e. The summed E-state index contributed by atoms with van der Waals surface area (Å²) < 4.78 is 7.71. The summed E-state index contributed by atoms with van der Waals surface area (Å²) in [4.78, 5) is 14.2. The number of para-hydroxylation sites is 1. The predicted octanol–water partition coefficient (Wildman–Crippen LogP) is 8.23. The third kappa shape index (κ3) is 6.48. The summed E-state index contributed by atoms with van der Waals surface area (Å²) >= 11 is 12.5. The van der Waals surface area contributed by atoms with Crippen LogP contribution in [-0.4, -0.2) is 22.2 Å². The molecule has 0 unspecified atom stereocenters. The zero-order valence-electron chi connectivity index (χ0n) is 21.2. The van der Waals surface area contributed by atoms with Gasteiger partial charge in [-0.2, -0.15) is 0 Å². The van der Waals surface area contributed by atoms with E-state index >= 15 is 0 Å². The Kier molecular flexibility index (Phi) is 8.47. The maximum atomic E-state index is 12.1. The zero-order valence-corrected chi connectivity index (χ0v) is 22.7. The molecule has 0 spiro atoms. The van der Waals surface area contributed by atoms with Crippen molar-refractivity contribution in [2.24, 2.45) is 0 Å². The maximum absolute atomic E-state index is 12.1. The number of nitrogens with zero attached hydrogens (tertiary/aromatic N) is 2. The number of hydrogen-bond donors (Lipinski definition) is 1. The summed E-state index contributed by atoms with van der Waals surface area (Å²) in [6.45, 7) is 7.46. The predicted molar refractivity (Wildman–Crippen MR) is 151 cm³/mol. The second-order valence-electron chi connectivity index (χ2n) is 9.16. The molecule has 0 radical (unpaired) electrons. The highest BCUT2D eigenvalue weighted by Crippen LogP contribution is 2.32. The molecule has 37 heavy (non-hydrogen) atoms. The molecule has 7 heteroatoms. The Labute approximate surface area is 227 Å². The molecule has 0 saturated heterocycles. The molecule has 1 N–H and O–H groups in total. The molecule has 0 aliphatic rings. The van der Waals surface area contributed by atoms with Crippen LogP contribution in [0.1, 0.15) is 39.2 Å². The quantitative estimate of drug-likeness (QED) is 0.207. The number of benzene rings is 3. The van der Waals surface area contributed by atoms with Crippen molar-refractivity contribution < 1.29 is 14.6 Å². The van der Waals surface area contributed by atoms with Crippen LogP contribution in [0.2, 0.25) is 10.0 Å². The second-order valence-corrected chi connectivity index (χ2v) is 9.97. The van der Waals surface area contributed by atoms with Crippen molar-refractivity contribution in [2.75, 3.05) is 11.5 Å². The molecular weight excluding hydrogens is 507 g/mol. The van der Waals surface area contributed by atoms with E-state index < -0.39 is 5.97 Å². The molecule has 0 saturated carbocycles. The van der Waals surface area contributed by atoms with Crippen molar-refractivity contribution in [3.63, 3.8) is 0 Å². The number of carbonyl (C=O) groups is 1. The van der Waals surface area contributed by atoms with Crippen molar-refractivity contribution in [1.29, 1.82) is 0 Å². The number of aromatic carboxylic acids is 1. The first-order chi connectivity index (χ1) is 17.7. The SMILES string of the molecule is Cc1ccccc1N(Cc1cccc(Cl)c1)c1cc(C(=O)O)n(CCCOc2cc(C)c(Cl)c(C)c2)c1. The van der Waals surface area contributed by atoms with Gasteiger partial charge < -0.3 is 19.3 Å². The van der Waals surface area contributed by atoms with Crippen LogP contribution in [0.3, 0.4) is 0 Å². The van der Waals surface area contributed by atoms with Crippen molar-refractivity contribution >= 4 is 40.5 Å². The fraction of sp³-hybridized carbons (Fsp3) is 0.233. The Hall–Kier alpha value is -3.41. The standard InChI is InChI=1S/C30H30Cl2N2O3/c1-20-8-4-5-11-27(20)34(18-23-9-6-10-24(31)16-23)25-17-28(30(35)36)33(19-25)12-7-13-37-26-14-21(2)29(32)22(3)15-26/h4-6,8-11,14-17,19H,7,12-13,18H2,1-3H3,(H,35,36). The maximum Gasteiger partial charge on any atom is 0.352 e. The van der Waals surface area contributed by atoms with Crippen LogP contribution in [0.4, 0.5) is 11.4 Å². The highest BCUT2D eigenvalue weighted by molar-refractivity contribution is 6.32. The molecule has 0 aliphatic heterocycles. The number of anilines is 2. The third-order valence-corrected chi connectivity index (χ3v) is 7.10. The second kappa shape index (κ2) is 11.8. The van der Waals surface area contributed by atoms with Crippen molar-refractivity contribution in [3.8, 4) is 5.75 Å². The molecule has 0 fully saturated rings. The summed E-state index contributed by atoms with van der Waals surface area (Å²) in [7, 11) is 0. The van der Waals surface area contributed by atoms with Gasteiger partial charge >= 0.3 is 5.97 Å². The molecule has 1 heterocycles. The van der Waals surface area contributed by atoms with Gasteiger partial charge in [0, 0.05) is 35.0 Å². The monoisotopic (exact) mass is 536 g/mol. The van der Waals surface area contributed by atoms with E-state index in [0.29, 0.717) is 31.1 Å². The molecule has 5 nitrogen and oxygen atoms in total. The lowest BCUT2D eigenvalue weighted by Crippen LogP contribution is -2.17. The average Bonchev–Trinajstić information content (AvgIpc) is 3.28. The molecular formula is C30H30Cl2N2O3. The number of aromatic nitrogens is 1. The molecule has 0 bridgehead atoms. The summed E-state index contributed by atoms with van der Waals surface area (Å²) in [5.41, 5.74) is 6.10. The van der Waals surface area contributed by atoms with Crippen LogP contribution in [0.5, 0.6) is 5.75 Å². The lowest BCUT2D eigenvalue weighted by atomic mass is 10.1. The number of ether oxygens (including phenoxy) is 1. The summed E-state index contributed by atoms with van der Waals surface area (Å²) in [6.07, 6.45) is 2.55. The van der Waals surface area contributed by atoms with Crippen molar-refractivity contribution in [3.05, 3.63) is 111 Å². The lowest BCUT2D eigenvalue weighted by Gasteiger charge is -2.26. The van der Waals surface area contributed by atoms with Crippen LogP contribution in [0, 0.1) is 20.8 Å². The van der Waals surface area contributed by atoms with Gasteiger partial charge in [-0.1, -0.05) is 53.5 Å². The van der Waals surface area contributed by atoms with Crippen LogP contribution in [0.15, 0.2) is 72.9 Å². The minimum Gasteiger partial charge on any atom is -0.494 e. The van der Waals surface area contributed by atoms with Crippen LogP contribution < -0.4 is 9.64 Å².